The van der Waals surface area contributed by atoms with Crippen molar-refractivity contribution < 1.29 is 18.9 Å². The maximum Gasteiger partial charge on any atom is 1.00 e. The van der Waals surface area contributed by atoms with Crippen LogP contribution in [0, 0.1) is 13.0 Å². The summed E-state index contributed by atoms with van der Waals surface area (Å²) in [5, 5.41) is 8.83. The molecular formula is C9H10LiN4S-. The standard InChI is InChI=1S/C9H9N4.Li.H2S/c1-6-3-8-5-10-4-7(2)11-9(8)13-12-6;;/h3-5H,1-2H3;;1H2/q-1;+1;/p-1. The molecule has 2 heterocycles. The first-order chi connectivity index (χ1) is 6.25. The second kappa shape index (κ2) is 5.96. The van der Waals surface area contributed by atoms with Gasteiger partial charge in [0, 0.05) is 11.7 Å². The molecule has 1 aliphatic heterocycles. The zero-order chi connectivity index (χ0) is 9.26. The van der Waals surface area contributed by atoms with Gasteiger partial charge in [0.2, 0.25) is 0 Å². The van der Waals surface area contributed by atoms with Gasteiger partial charge >= 0.3 is 18.9 Å². The van der Waals surface area contributed by atoms with Gasteiger partial charge in [-0.3, -0.25) is 4.99 Å². The van der Waals surface area contributed by atoms with E-state index in [-0.39, 0.29) is 32.4 Å². The third-order valence-electron chi connectivity index (χ3n) is 1.68. The fourth-order valence-corrected chi connectivity index (χ4v) is 1.11. The number of fused-ring (bicyclic) bond motifs is 1. The SMILES string of the molecule is Cc1cc2c(nn1)=N[C-](C)C=NC=2.[Li+].[SH-]. The molecule has 0 unspecified atom stereocenters. The first-order valence-electron chi connectivity index (χ1n) is 4.02. The molecule has 0 amide bonds. The number of hydrogen-bond acceptors (Lipinski definition) is 5. The van der Waals surface area contributed by atoms with Crippen molar-refractivity contribution in [2.24, 2.45) is 9.98 Å². The van der Waals surface area contributed by atoms with Crippen LogP contribution in [0.25, 0.3) is 6.20 Å². The summed E-state index contributed by atoms with van der Waals surface area (Å²) in [4.78, 5) is 8.33. The Bertz CT molecular complexity index is 471. The topological polar surface area (TPSA) is 50.5 Å². The van der Waals surface area contributed by atoms with Crippen molar-refractivity contribution in [3.05, 3.63) is 28.5 Å². The summed E-state index contributed by atoms with van der Waals surface area (Å²) < 4.78 is 0. The second-order valence-electron chi connectivity index (χ2n) is 2.93. The minimum Gasteiger partial charge on any atom is -0.813 e. The predicted molar refractivity (Wildman–Crippen MR) is 58.2 cm³/mol. The minimum absolute atomic E-state index is 0. The monoisotopic (exact) mass is 213 g/mol. The van der Waals surface area contributed by atoms with Crippen LogP contribution in [-0.2, 0) is 13.5 Å². The molecule has 0 saturated carbocycles. The molecule has 1 aromatic heterocycles. The van der Waals surface area contributed by atoms with Crippen molar-refractivity contribution in [2.45, 2.75) is 13.8 Å². The molecular weight excluding hydrogens is 203 g/mol. The Labute approximate surface area is 107 Å². The first kappa shape index (κ1) is 14.2. The smallest absolute Gasteiger partial charge is 0.813 e. The number of thiol groups is 1. The van der Waals surface area contributed by atoms with E-state index in [1.54, 1.807) is 12.4 Å². The van der Waals surface area contributed by atoms with Crippen LogP contribution in [0.2, 0.25) is 0 Å². The van der Waals surface area contributed by atoms with Crippen LogP contribution in [0.4, 0.5) is 0 Å². The Morgan fingerprint density at radius 2 is 2.00 bits per heavy atom. The van der Waals surface area contributed by atoms with Crippen LogP contribution in [0.5, 0.6) is 0 Å². The van der Waals surface area contributed by atoms with E-state index in [0.717, 1.165) is 17.0 Å². The molecule has 4 nitrogen and oxygen atoms in total. The number of aryl methyl sites for hydroxylation is 1. The van der Waals surface area contributed by atoms with Crippen molar-refractivity contribution in [1.29, 1.82) is 0 Å². The number of nitrogens with zero attached hydrogens (tertiary/aromatic N) is 4. The van der Waals surface area contributed by atoms with Gasteiger partial charge in [-0.1, -0.05) is 13.0 Å². The fraction of sp³-hybridized carbons (Fsp3) is 0.222. The summed E-state index contributed by atoms with van der Waals surface area (Å²) in [6, 6.07) is 2.76. The summed E-state index contributed by atoms with van der Waals surface area (Å²) in [5.74, 6) is 0. The molecule has 0 aromatic carbocycles. The average Bonchev–Trinajstić information content (AvgIpc) is 2.25. The Kier molecular flexibility index (Phi) is 5.66. The molecule has 6 heteroatoms. The zero-order valence-electron chi connectivity index (χ0n) is 8.97. The molecule has 1 aromatic rings. The molecule has 0 radical (unpaired) electrons. The summed E-state index contributed by atoms with van der Waals surface area (Å²) >= 11 is 0. The van der Waals surface area contributed by atoms with Crippen LogP contribution in [0.15, 0.2) is 16.1 Å². The Morgan fingerprint density at radius 3 is 2.73 bits per heavy atom. The largest absolute Gasteiger partial charge is 1.00 e. The van der Waals surface area contributed by atoms with Crippen LogP contribution in [-0.4, -0.2) is 16.4 Å². The van der Waals surface area contributed by atoms with Gasteiger partial charge < -0.3 is 18.5 Å². The van der Waals surface area contributed by atoms with Crippen LogP contribution >= 0.6 is 0 Å². The summed E-state index contributed by atoms with van der Waals surface area (Å²) in [5.41, 5.74) is 1.51. The molecule has 0 aliphatic carbocycles. The summed E-state index contributed by atoms with van der Waals surface area (Å²) in [6.07, 6.45) is 3.45. The van der Waals surface area contributed by atoms with E-state index in [0.29, 0.717) is 5.49 Å². The van der Waals surface area contributed by atoms with Gasteiger partial charge in [-0.2, -0.15) is 5.10 Å². The van der Waals surface area contributed by atoms with Crippen molar-refractivity contribution in [3.8, 4) is 0 Å². The van der Waals surface area contributed by atoms with Crippen molar-refractivity contribution >= 4 is 25.9 Å². The van der Waals surface area contributed by atoms with Crippen molar-refractivity contribution in [3.63, 3.8) is 0 Å². The van der Waals surface area contributed by atoms with Crippen molar-refractivity contribution in [2.75, 3.05) is 0 Å². The number of hydrogen-bond donors (Lipinski definition) is 0. The molecule has 0 N–H and O–H groups in total. The van der Waals surface area contributed by atoms with Gasteiger partial charge in [0.05, 0.1) is 5.69 Å². The zero-order valence-corrected chi connectivity index (χ0v) is 9.86. The molecule has 1 aliphatic rings. The van der Waals surface area contributed by atoms with Gasteiger partial charge in [-0.05, 0) is 24.4 Å². The van der Waals surface area contributed by atoms with Gasteiger partial charge in [-0.15, -0.1) is 0 Å². The second-order valence-corrected chi connectivity index (χ2v) is 2.93. The Morgan fingerprint density at radius 1 is 1.27 bits per heavy atom. The van der Waals surface area contributed by atoms with E-state index in [9.17, 15) is 0 Å². The molecule has 0 saturated heterocycles. The van der Waals surface area contributed by atoms with E-state index in [1.165, 1.54) is 0 Å². The molecule has 2 rings (SSSR count). The number of aromatic nitrogens is 2. The average molecular weight is 213 g/mol. The molecule has 74 valence electrons. The van der Waals surface area contributed by atoms with E-state index < -0.39 is 0 Å². The molecule has 0 fully saturated rings. The third kappa shape index (κ3) is 3.38. The van der Waals surface area contributed by atoms with Gasteiger partial charge in [0.1, 0.15) is 0 Å². The maximum atomic E-state index is 4.24. The normalized spacial score (nSPS) is 12.3. The fourth-order valence-electron chi connectivity index (χ4n) is 1.11. The quantitative estimate of drug-likeness (QED) is 0.195. The van der Waals surface area contributed by atoms with Crippen LogP contribution in [0.1, 0.15) is 12.6 Å². The van der Waals surface area contributed by atoms with E-state index >= 15 is 0 Å². The van der Waals surface area contributed by atoms with Crippen LogP contribution < -0.4 is 29.6 Å². The molecule has 0 bridgehead atoms. The van der Waals surface area contributed by atoms with Crippen LogP contribution in [0.3, 0.4) is 0 Å². The number of rotatable bonds is 0. The van der Waals surface area contributed by atoms with Gasteiger partial charge in [0.15, 0.2) is 0 Å². The van der Waals surface area contributed by atoms with E-state index in [2.05, 4.69) is 20.2 Å². The molecule has 0 spiro atoms. The molecule has 15 heavy (non-hydrogen) atoms. The predicted octanol–water partition coefficient (Wildman–Crippen LogP) is -3.49. The maximum absolute atomic E-state index is 4.24. The third-order valence-corrected chi connectivity index (χ3v) is 1.68. The van der Waals surface area contributed by atoms with Gasteiger partial charge in [0.25, 0.3) is 0 Å². The van der Waals surface area contributed by atoms with E-state index in [4.69, 9.17) is 0 Å². The summed E-state index contributed by atoms with van der Waals surface area (Å²) in [6.45, 7) is 3.78. The first-order valence-corrected chi connectivity index (χ1v) is 4.02. The molecule has 0 atom stereocenters. The minimum atomic E-state index is 0. The number of aliphatic imine (C=N–C) groups is 1. The van der Waals surface area contributed by atoms with E-state index in [1.807, 2.05) is 19.9 Å². The van der Waals surface area contributed by atoms with Crippen molar-refractivity contribution in [1.82, 2.24) is 10.2 Å². The van der Waals surface area contributed by atoms with Gasteiger partial charge in [-0.25, -0.2) is 5.10 Å². The summed E-state index contributed by atoms with van der Waals surface area (Å²) in [7, 11) is 0. The Hall–Kier alpha value is -0.763. The Balaban J connectivity index is 0.000000980.